The molecule has 22 heavy (non-hydrogen) atoms. The minimum atomic E-state index is 0.519. The van der Waals surface area contributed by atoms with E-state index in [2.05, 4.69) is 32.7 Å². The summed E-state index contributed by atoms with van der Waals surface area (Å²) in [6.45, 7) is 7.18. The van der Waals surface area contributed by atoms with Crippen LogP contribution in [0.4, 0.5) is 0 Å². The summed E-state index contributed by atoms with van der Waals surface area (Å²) < 4.78 is 7.02. The van der Waals surface area contributed by atoms with E-state index >= 15 is 0 Å². The molecule has 0 saturated heterocycles. The number of hydrogen-bond acceptors (Lipinski definition) is 4. The molecule has 1 aromatic rings. The highest BCUT2D eigenvalue weighted by Gasteiger charge is 2.05. The van der Waals surface area contributed by atoms with Gasteiger partial charge in [-0.2, -0.15) is 0 Å². The van der Waals surface area contributed by atoms with Gasteiger partial charge in [-0.05, 0) is 19.8 Å². The summed E-state index contributed by atoms with van der Waals surface area (Å²) in [5, 5.41) is 14.9. The second kappa shape index (κ2) is 11.0. The largest absolute Gasteiger partial charge is 0.385 e. The van der Waals surface area contributed by atoms with Gasteiger partial charge in [0.25, 0.3) is 0 Å². The van der Waals surface area contributed by atoms with Gasteiger partial charge < -0.3 is 19.9 Å². The average Bonchev–Trinajstić information content (AvgIpc) is 2.84. The third-order valence-corrected chi connectivity index (χ3v) is 3.45. The molecule has 0 spiro atoms. The highest BCUT2D eigenvalue weighted by molar-refractivity contribution is 5.79. The SMILES string of the molecule is CCCCCNC(=NCc1nnc(C)n1C)NCCCOC. The molecule has 0 aliphatic carbocycles. The van der Waals surface area contributed by atoms with Crippen LogP contribution < -0.4 is 10.6 Å². The molecule has 0 atom stereocenters. The van der Waals surface area contributed by atoms with Gasteiger partial charge in [0.05, 0.1) is 0 Å². The van der Waals surface area contributed by atoms with Gasteiger partial charge in [0.2, 0.25) is 0 Å². The Morgan fingerprint density at radius 3 is 2.50 bits per heavy atom. The molecule has 0 aliphatic rings. The normalized spacial score (nSPS) is 11.7. The van der Waals surface area contributed by atoms with Crippen LogP contribution in [0.25, 0.3) is 0 Å². The first-order chi connectivity index (χ1) is 10.7. The maximum atomic E-state index is 5.06. The van der Waals surface area contributed by atoms with Gasteiger partial charge in [-0.15, -0.1) is 10.2 Å². The number of guanidine groups is 1. The lowest BCUT2D eigenvalue weighted by molar-refractivity contribution is 0.195. The van der Waals surface area contributed by atoms with E-state index in [1.165, 1.54) is 12.8 Å². The van der Waals surface area contributed by atoms with Gasteiger partial charge >= 0.3 is 0 Å². The van der Waals surface area contributed by atoms with Gasteiger partial charge in [-0.3, -0.25) is 0 Å². The Hall–Kier alpha value is -1.63. The van der Waals surface area contributed by atoms with Crippen molar-refractivity contribution in [3.05, 3.63) is 11.6 Å². The number of nitrogens with zero attached hydrogens (tertiary/aromatic N) is 4. The predicted molar refractivity (Wildman–Crippen MR) is 88.9 cm³/mol. The number of hydrogen-bond donors (Lipinski definition) is 2. The van der Waals surface area contributed by atoms with Crippen molar-refractivity contribution in [1.82, 2.24) is 25.4 Å². The van der Waals surface area contributed by atoms with E-state index < -0.39 is 0 Å². The van der Waals surface area contributed by atoms with Crippen molar-refractivity contribution in [1.29, 1.82) is 0 Å². The Morgan fingerprint density at radius 2 is 1.91 bits per heavy atom. The number of ether oxygens (including phenoxy) is 1. The third kappa shape index (κ3) is 6.89. The number of nitrogens with one attached hydrogen (secondary N) is 2. The number of aryl methyl sites for hydroxylation is 1. The lowest BCUT2D eigenvalue weighted by atomic mass is 10.2. The Kier molecular flexibility index (Phi) is 9.21. The first-order valence-electron chi connectivity index (χ1n) is 8.05. The number of aliphatic imine (C=N–C) groups is 1. The minimum absolute atomic E-state index is 0.519. The number of methoxy groups -OCH3 is 1. The Balaban J connectivity index is 2.50. The summed E-state index contributed by atoms with van der Waals surface area (Å²) in [6.07, 6.45) is 4.55. The molecule has 0 saturated carbocycles. The van der Waals surface area contributed by atoms with Crippen molar-refractivity contribution in [2.24, 2.45) is 12.0 Å². The average molecular weight is 310 g/mol. The monoisotopic (exact) mass is 310 g/mol. The lowest BCUT2D eigenvalue weighted by Crippen LogP contribution is -2.38. The predicted octanol–water partition coefficient (Wildman–Crippen LogP) is 1.39. The van der Waals surface area contributed by atoms with Crippen molar-refractivity contribution >= 4 is 5.96 Å². The summed E-state index contributed by atoms with van der Waals surface area (Å²) >= 11 is 0. The van der Waals surface area contributed by atoms with Crippen LogP contribution in [0.5, 0.6) is 0 Å². The van der Waals surface area contributed by atoms with Crippen LogP contribution in [0.15, 0.2) is 4.99 Å². The van der Waals surface area contributed by atoms with Gasteiger partial charge in [-0.25, -0.2) is 4.99 Å². The van der Waals surface area contributed by atoms with Crippen LogP contribution in [0.2, 0.25) is 0 Å². The fourth-order valence-corrected chi connectivity index (χ4v) is 1.92. The molecule has 0 fully saturated rings. The van der Waals surface area contributed by atoms with Crippen molar-refractivity contribution in [3.63, 3.8) is 0 Å². The molecule has 126 valence electrons. The van der Waals surface area contributed by atoms with E-state index in [1.54, 1.807) is 7.11 Å². The molecule has 0 aliphatic heterocycles. The molecule has 0 amide bonds. The van der Waals surface area contributed by atoms with Crippen LogP contribution >= 0.6 is 0 Å². The molecule has 0 bridgehead atoms. The lowest BCUT2D eigenvalue weighted by Gasteiger charge is -2.12. The zero-order chi connectivity index (χ0) is 16.2. The zero-order valence-electron chi connectivity index (χ0n) is 14.4. The smallest absolute Gasteiger partial charge is 0.191 e. The standard InChI is InChI=1S/C15H30N6O/c1-5-6-7-9-16-15(17-10-8-11-22-4)18-12-14-20-19-13(2)21(14)3/h5-12H2,1-4H3,(H2,16,17,18). The maximum absolute atomic E-state index is 5.06. The fraction of sp³-hybridized carbons (Fsp3) is 0.800. The second-order valence-corrected chi connectivity index (χ2v) is 5.29. The van der Waals surface area contributed by atoms with E-state index in [9.17, 15) is 0 Å². The van der Waals surface area contributed by atoms with Crippen LogP contribution in [-0.4, -0.2) is 47.5 Å². The van der Waals surface area contributed by atoms with Gasteiger partial charge in [0.15, 0.2) is 11.8 Å². The summed E-state index contributed by atoms with van der Waals surface area (Å²) in [4.78, 5) is 4.59. The topological polar surface area (TPSA) is 76.4 Å². The highest BCUT2D eigenvalue weighted by atomic mass is 16.5. The van der Waals surface area contributed by atoms with E-state index in [0.29, 0.717) is 6.54 Å². The van der Waals surface area contributed by atoms with Gasteiger partial charge in [0, 0.05) is 33.9 Å². The number of unbranched alkanes of at least 4 members (excludes halogenated alkanes) is 2. The fourth-order valence-electron chi connectivity index (χ4n) is 1.92. The maximum Gasteiger partial charge on any atom is 0.191 e. The van der Waals surface area contributed by atoms with Crippen LogP contribution in [0, 0.1) is 6.92 Å². The molecule has 1 rings (SSSR count). The van der Waals surface area contributed by atoms with Crippen molar-refractivity contribution in [2.75, 3.05) is 26.8 Å². The Morgan fingerprint density at radius 1 is 1.18 bits per heavy atom. The third-order valence-electron chi connectivity index (χ3n) is 3.45. The first-order valence-corrected chi connectivity index (χ1v) is 8.05. The van der Waals surface area contributed by atoms with Crippen LogP contribution in [0.3, 0.4) is 0 Å². The number of rotatable bonds is 10. The van der Waals surface area contributed by atoms with Crippen molar-refractivity contribution in [2.45, 2.75) is 46.1 Å². The number of aromatic nitrogens is 3. The van der Waals surface area contributed by atoms with Gasteiger partial charge in [-0.1, -0.05) is 19.8 Å². The van der Waals surface area contributed by atoms with E-state index in [4.69, 9.17) is 4.74 Å². The molecular formula is C15H30N6O. The summed E-state index contributed by atoms with van der Waals surface area (Å²) in [5.74, 6) is 2.59. The molecule has 0 radical (unpaired) electrons. The van der Waals surface area contributed by atoms with Crippen LogP contribution in [-0.2, 0) is 18.3 Å². The molecule has 7 heteroatoms. The Bertz CT molecular complexity index is 429. The molecule has 7 nitrogen and oxygen atoms in total. The van der Waals surface area contributed by atoms with E-state index in [1.807, 2.05) is 18.5 Å². The summed E-state index contributed by atoms with van der Waals surface area (Å²) in [7, 11) is 3.68. The molecule has 2 N–H and O–H groups in total. The molecule has 1 heterocycles. The van der Waals surface area contributed by atoms with Crippen molar-refractivity contribution < 1.29 is 4.74 Å². The molecule has 0 aromatic carbocycles. The highest BCUT2D eigenvalue weighted by Crippen LogP contribution is 1.99. The quantitative estimate of drug-likeness (QED) is 0.388. The van der Waals surface area contributed by atoms with E-state index in [0.717, 1.165) is 50.1 Å². The molecule has 0 unspecified atom stereocenters. The summed E-state index contributed by atoms with van der Waals surface area (Å²) in [6, 6.07) is 0. The molecule has 1 aromatic heterocycles. The zero-order valence-corrected chi connectivity index (χ0v) is 14.4. The van der Waals surface area contributed by atoms with Crippen LogP contribution in [0.1, 0.15) is 44.3 Å². The van der Waals surface area contributed by atoms with Crippen molar-refractivity contribution in [3.8, 4) is 0 Å². The van der Waals surface area contributed by atoms with Gasteiger partial charge in [0.1, 0.15) is 12.4 Å². The second-order valence-electron chi connectivity index (χ2n) is 5.29. The van der Waals surface area contributed by atoms with E-state index in [-0.39, 0.29) is 0 Å². The minimum Gasteiger partial charge on any atom is -0.385 e. The first kappa shape index (κ1) is 18.4. The molecular weight excluding hydrogens is 280 g/mol. The summed E-state index contributed by atoms with van der Waals surface area (Å²) in [5.41, 5.74) is 0. The Labute approximate surface area is 133 Å².